The van der Waals surface area contributed by atoms with Crippen LogP contribution in [0.1, 0.15) is 30.4 Å². The van der Waals surface area contributed by atoms with Crippen molar-refractivity contribution < 1.29 is 4.79 Å². The van der Waals surface area contributed by atoms with Crippen LogP contribution in [-0.4, -0.2) is 65.3 Å². The molecule has 1 aromatic carbocycles. The van der Waals surface area contributed by atoms with Crippen molar-refractivity contribution in [2.75, 3.05) is 38.0 Å². The quantitative estimate of drug-likeness (QED) is 0.504. The Morgan fingerprint density at radius 1 is 1.18 bits per heavy atom. The van der Waals surface area contributed by atoms with Crippen molar-refractivity contribution in [1.82, 2.24) is 25.1 Å². The normalized spacial score (nSPS) is 23.9. The number of amides is 2. The van der Waals surface area contributed by atoms with Gasteiger partial charge in [0.1, 0.15) is 5.82 Å². The number of halogens is 1. The third kappa shape index (κ3) is 5.60. The number of nitrogens with two attached hydrogens (primary N) is 1. The lowest BCUT2D eigenvalue weighted by atomic mass is 9.80. The molecule has 184 valence electrons. The van der Waals surface area contributed by atoms with Gasteiger partial charge in [0, 0.05) is 44.5 Å². The zero-order valence-electron chi connectivity index (χ0n) is 19.3. The van der Waals surface area contributed by atoms with E-state index in [1.165, 1.54) is 15.7 Å². The molecule has 34 heavy (non-hydrogen) atoms. The maximum absolute atomic E-state index is 12.7. The van der Waals surface area contributed by atoms with Gasteiger partial charge in [0.05, 0.1) is 5.69 Å². The number of benzene rings is 1. The highest BCUT2D eigenvalue weighted by molar-refractivity contribution is 5.88. The van der Waals surface area contributed by atoms with Crippen molar-refractivity contribution in [3.8, 4) is 5.69 Å². The van der Waals surface area contributed by atoms with Gasteiger partial charge in [0.15, 0.2) is 0 Å². The van der Waals surface area contributed by atoms with Gasteiger partial charge in [0.25, 0.3) is 0 Å². The second-order valence-electron chi connectivity index (χ2n) is 9.53. The lowest BCUT2D eigenvalue weighted by molar-refractivity contribution is 0.204. The number of hydrogen-bond donors (Lipinski definition) is 4. The molecule has 5 N–H and O–H groups in total. The van der Waals surface area contributed by atoms with Gasteiger partial charge in [-0.3, -0.25) is 9.88 Å². The van der Waals surface area contributed by atoms with Gasteiger partial charge in [-0.2, -0.15) is 4.98 Å². The number of carbonyl (C=O) groups is 1. The van der Waals surface area contributed by atoms with E-state index in [1.54, 1.807) is 17.2 Å². The van der Waals surface area contributed by atoms with Crippen LogP contribution in [0.25, 0.3) is 5.69 Å². The van der Waals surface area contributed by atoms with Crippen molar-refractivity contribution in [2.24, 2.45) is 11.7 Å². The van der Waals surface area contributed by atoms with E-state index < -0.39 is 5.69 Å². The Morgan fingerprint density at radius 2 is 1.97 bits per heavy atom. The minimum atomic E-state index is -0.401. The molecule has 5 rings (SSSR count). The molecule has 2 amide bonds. The number of aromatic nitrogens is 2. The number of rotatable bonds is 5. The molecule has 10 heteroatoms. The molecule has 9 nitrogen and oxygen atoms in total. The van der Waals surface area contributed by atoms with Gasteiger partial charge in [-0.15, -0.1) is 12.4 Å². The molecule has 2 aromatic rings. The van der Waals surface area contributed by atoms with Crippen molar-refractivity contribution >= 4 is 24.3 Å². The summed E-state index contributed by atoms with van der Waals surface area (Å²) in [4.78, 5) is 30.9. The third-order valence-electron chi connectivity index (χ3n) is 7.11. The standard InChI is InChI=1S/C24H33N7O2.ClH/c25-19-11-16(12-19)15-27-20-3-1-18-14-21(4-2-17(18)13-20)31-8-5-22(29-24(31)33)28-23(32)30-9-6-26-7-10-30;/h2,4-5,8,14,16,19-20,26-27H,1,3,6-7,9-13,15,25H2,(H,28,29,32,33);1H/t16-,19-,20?;. The Balaban J connectivity index is 0.00000274. The van der Waals surface area contributed by atoms with E-state index in [0.717, 1.165) is 63.3 Å². The van der Waals surface area contributed by atoms with Crippen LogP contribution in [0, 0.1) is 5.92 Å². The monoisotopic (exact) mass is 487 g/mol. The number of anilines is 1. The molecule has 3 aliphatic rings. The number of urea groups is 1. The molecule has 0 spiro atoms. The fraction of sp³-hybridized carbons (Fsp3) is 0.542. The van der Waals surface area contributed by atoms with Crippen LogP contribution in [-0.2, 0) is 12.8 Å². The van der Waals surface area contributed by atoms with E-state index >= 15 is 0 Å². The first-order valence-corrected chi connectivity index (χ1v) is 12.0. The Kier molecular flexibility index (Phi) is 7.88. The average Bonchev–Trinajstić information content (AvgIpc) is 2.81. The minimum absolute atomic E-state index is 0. The topological polar surface area (TPSA) is 117 Å². The maximum atomic E-state index is 12.7. The van der Waals surface area contributed by atoms with Crippen molar-refractivity contribution in [3.63, 3.8) is 0 Å². The summed E-state index contributed by atoms with van der Waals surface area (Å²) in [7, 11) is 0. The van der Waals surface area contributed by atoms with Gasteiger partial charge < -0.3 is 21.3 Å². The number of aryl methyl sites for hydroxylation is 1. The van der Waals surface area contributed by atoms with Crippen LogP contribution in [0.3, 0.4) is 0 Å². The first-order chi connectivity index (χ1) is 16.0. The lowest BCUT2D eigenvalue weighted by Gasteiger charge is -2.35. The van der Waals surface area contributed by atoms with Crippen LogP contribution in [0.15, 0.2) is 35.3 Å². The SMILES string of the molecule is Cl.N[C@H]1C[C@H](CNC2CCc3cc(-n4ccc(NC(=O)N5CCNCC5)nc4=O)ccc3C2)C1. The zero-order valence-corrected chi connectivity index (χ0v) is 20.2. The van der Waals surface area contributed by atoms with Gasteiger partial charge in [0.2, 0.25) is 0 Å². The molecule has 1 atom stereocenters. The van der Waals surface area contributed by atoms with E-state index in [-0.39, 0.29) is 24.3 Å². The molecule has 1 unspecified atom stereocenters. The van der Waals surface area contributed by atoms with Crippen LogP contribution in [0.5, 0.6) is 0 Å². The van der Waals surface area contributed by atoms with Gasteiger partial charge in [-0.1, -0.05) is 6.07 Å². The summed E-state index contributed by atoms with van der Waals surface area (Å²) < 4.78 is 1.53. The predicted octanol–water partition coefficient (Wildman–Crippen LogP) is 1.28. The first-order valence-electron chi connectivity index (χ1n) is 12.0. The number of hydrogen-bond acceptors (Lipinski definition) is 6. The van der Waals surface area contributed by atoms with E-state index in [1.807, 2.05) is 6.07 Å². The van der Waals surface area contributed by atoms with E-state index in [0.29, 0.717) is 25.2 Å². The molecule has 2 fully saturated rings. The fourth-order valence-corrected chi connectivity index (χ4v) is 5.08. The highest BCUT2D eigenvalue weighted by Crippen LogP contribution is 2.27. The minimum Gasteiger partial charge on any atom is -0.328 e. The number of piperazine rings is 1. The number of nitrogens with one attached hydrogen (secondary N) is 3. The summed E-state index contributed by atoms with van der Waals surface area (Å²) in [5.74, 6) is 1.01. The van der Waals surface area contributed by atoms with Crippen molar-refractivity contribution in [3.05, 3.63) is 52.1 Å². The zero-order chi connectivity index (χ0) is 22.8. The maximum Gasteiger partial charge on any atom is 0.354 e. The molecule has 1 saturated heterocycles. The van der Waals surface area contributed by atoms with Crippen molar-refractivity contribution in [1.29, 1.82) is 0 Å². The Labute approximate surface area is 205 Å². The molecule has 1 saturated carbocycles. The molecule has 1 aromatic heterocycles. The molecule has 0 bridgehead atoms. The third-order valence-corrected chi connectivity index (χ3v) is 7.11. The second kappa shape index (κ2) is 10.9. The van der Waals surface area contributed by atoms with E-state index in [9.17, 15) is 9.59 Å². The summed E-state index contributed by atoms with van der Waals surface area (Å²) in [6.07, 6.45) is 7.06. The van der Waals surface area contributed by atoms with E-state index in [4.69, 9.17) is 5.73 Å². The molecule has 0 radical (unpaired) electrons. The highest BCUT2D eigenvalue weighted by Gasteiger charge is 2.27. The average molecular weight is 488 g/mol. The smallest absolute Gasteiger partial charge is 0.328 e. The van der Waals surface area contributed by atoms with Crippen LogP contribution in [0.2, 0.25) is 0 Å². The molecule has 2 heterocycles. The van der Waals surface area contributed by atoms with Gasteiger partial charge in [-0.05, 0) is 73.9 Å². The summed E-state index contributed by atoms with van der Waals surface area (Å²) in [5.41, 5.74) is 8.93. The number of nitrogens with zero attached hydrogens (tertiary/aromatic N) is 3. The summed E-state index contributed by atoms with van der Waals surface area (Å²) >= 11 is 0. The Bertz CT molecular complexity index is 1060. The Hall–Kier alpha value is -2.46. The fourth-order valence-electron chi connectivity index (χ4n) is 5.08. The summed E-state index contributed by atoms with van der Waals surface area (Å²) in [6.45, 7) is 3.89. The highest BCUT2D eigenvalue weighted by atomic mass is 35.5. The first kappa shape index (κ1) is 24.7. The number of carbonyl (C=O) groups excluding carboxylic acids is 1. The predicted molar refractivity (Wildman–Crippen MR) is 135 cm³/mol. The van der Waals surface area contributed by atoms with E-state index in [2.05, 4.69) is 33.1 Å². The summed E-state index contributed by atoms with van der Waals surface area (Å²) in [5, 5.41) is 9.67. The van der Waals surface area contributed by atoms with Crippen molar-refractivity contribution in [2.45, 2.75) is 44.2 Å². The molecular formula is C24H34ClN7O2. The van der Waals surface area contributed by atoms with Gasteiger partial charge in [-0.25, -0.2) is 9.59 Å². The Morgan fingerprint density at radius 3 is 2.71 bits per heavy atom. The summed E-state index contributed by atoms with van der Waals surface area (Å²) in [6, 6.07) is 8.56. The lowest BCUT2D eigenvalue weighted by Crippen LogP contribution is -2.48. The van der Waals surface area contributed by atoms with Crippen LogP contribution < -0.4 is 27.4 Å². The molecular weight excluding hydrogens is 454 g/mol. The number of fused-ring (bicyclic) bond motifs is 1. The largest absolute Gasteiger partial charge is 0.354 e. The van der Waals surface area contributed by atoms with Crippen LogP contribution >= 0.6 is 12.4 Å². The second-order valence-corrected chi connectivity index (χ2v) is 9.53. The molecule has 2 aliphatic carbocycles. The molecule has 1 aliphatic heterocycles. The van der Waals surface area contributed by atoms with Gasteiger partial charge >= 0.3 is 11.7 Å². The van der Waals surface area contributed by atoms with Crippen LogP contribution in [0.4, 0.5) is 10.6 Å².